The van der Waals surface area contributed by atoms with Gasteiger partial charge in [-0.25, -0.2) is 4.98 Å². The molecule has 1 amide bonds. The first-order valence-corrected chi connectivity index (χ1v) is 7.94. The second kappa shape index (κ2) is 7.39. The standard InChI is InChI=1S/C16H21N5O3/c1-24-14-6-12(7-17-8-14)16(11-4-13(22)5-11)20-15(23)2-3-21-10-18-9-19-21/h6-11,13,16,22H,2-5H2,1H3,(H,20,23). The number of methoxy groups -OCH3 is 1. The van der Waals surface area contributed by atoms with E-state index in [0.29, 0.717) is 31.6 Å². The lowest BCUT2D eigenvalue weighted by molar-refractivity contribution is -0.123. The number of nitrogens with one attached hydrogen (secondary N) is 1. The van der Waals surface area contributed by atoms with Gasteiger partial charge in [-0.05, 0) is 30.4 Å². The molecular weight excluding hydrogens is 310 g/mol. The van der Waals surface area contributed by atoms with Crippen molar-refractivity contribution in [3.05, 3.63) is 36.7 Å². The number of ether oxygens (including phenoxy) is 1. The average Bonchev–Trinajstić information content (AvgIpc) is 3.09. The molecule has 2 N–H and O–H groups in total. The normalized spacial score (nSPS) is 20.9. The summed E-state index contributed by atoms with van der Waals surface area (Å²) in [5.41, 5.74) is 0.889. The Morgan fingerprint density at radius 1 is 1.46 bits per heavy atom. The molecule has 1 fully saturated rings. The van der Waals surface area contributed by atoms with E-state index in [9.17, 15) is 9.90 Å². The molecule has 0 aromatic carbocycles. The van der Waals surface area contributed by atoms with E-state index >= 15 is 0 Å². The van der Waals surface area contributed by atoms with Crippen LogP contribution in [0.3, 0.4) is 0 Å². The van der Waals surface area contributed by atoms with Crippen molar-refractivity contribution < 1.29 is 14.6 Å². The minimum atomic E-state index is -0.289. The summed E-state index contributed by atoms with van der Waals surface area (Å²) in [6.07, 6.45) is 7.75. The summed E-state index contributed by atoms with van der Waals surface area (Å²) in [6.45, 7) is 0.474. The molecule has 1 aliphatic carbocycles. The average molecular weight is 331 g/mol. The van der Waals surface area contributed by atoms with Crippen molar-refractivity contribution in [3.8, 4) is 5.75 Å². The fourth-order valence-corrected chi connectivity index (χ4v) is 2.90. The number of aliphatic hydroxyl groups is 1. The van der Waals surface area contributed by atoms with Crippen molar-refractivity contribution in [1.82, 2.24) is 25.1 Å². The molecule has 24 heavy (non-hydrogen) atoms. The van der Waals surface area contributed by atoms with Gasteiger partial charge < -0.3 is 15.2 Å². The second-order valence-corrected chi connectivity index (χ2v) is 6.00. The van der Waals surface area contributed by atoms with Crippen molar-refractivity contribution in [2.45, 2.75) is 38.0 Å². The zero-order chi connectivity index (χ0) is 16.9. The number of carbonyl (C=O) groups is 1. The van der Waals surface area contributed by atoms with Gasteiger partial charge >= 0.3 is 0 Å². The third-order valence-corrected chi connectivity index (χ3v) is 4.30. The number of aliphatic hydroxyl groups excluding tert-OH is 1. The van der Waals surface area contributed by atoms with Crippen LogP contribution in [0.5, 0.6) is 5.75 Å². The number of aryl methyl sites for hydroxylation is 1. The van der Waals surface area contributed by atoms with Gasteiger partial charge in [0.25, 0.3) is 0 Å². The molecule has 8 nitrogen and oxygen atoms in total. The van der Waals surface area contributed by atoms with Crippen LogP contribution < -0.4 is 10.1 Å². The molecule has 0 radical (unpaired) electrons. The van der Waals surface area contributed by atoms with E-state index in [2.05, 4.69) is 20.4 Å². The van der Waals surface area contributed by atoms with Crippen molar-refractivity contribution >= 4 is 5.91 Å². The van der Waals surface area contributed by atoms with Crippen LogP contribution in [-0.2, 0) is 11.3 Å². The van der Waals surface area contributed by atoms with Crippen LogP contribution in [0.2, 0.25) is 0 Å². The van der Waals surface area contributed by atoms with E-state index in [-0.39, 0.29) is 24.0 Å². The zero-order valence-electron chi connectivity index (χ0n) is 13.5. The van der Waals surface area contributed by atoms with Crippen LogP contribution in [-0.4, -0.2) is 44.0 Å². The highest BCUT2D eigenvalue weighted by Gasteiger charge is 2.35. The van der Waals surface area contributed by atoms with Gasteiger partial charge in [0.05, 0.1) is 32.0 Å². The fourth-order valence-electron chi connectivity index (χ4n) is 2.90. The summed E-state index contributed by atoms with van der Waals surface area (Å²) in [5, 5.41) is 16.7. The predicted octanol–water partition coefficient (Wildman–Crippen LogP) is 0.700. The van der Waals surface area contributed by atoms with Gasteiger partial charge in [0, 0.05) is 12.6 Å². The van der Waals surface area contributed by atoms with Gasteiger partial charge in [-0.15, -0.1) is 0 Å². The molecule has 2 aromatic rings. The van der Waals surface area contributed by atoms with E-state index in [1.165, 1.54) is 6.33 Å². The van der Waals surface area contributed by atoms with E-state index in [1.54, 1.807) is 30.5 Å². The molecule has 0 aliphatic heterocycles. The molecule has 1 atom stereocenters. The number of amides is 1. The highest BCUT2D eigenvalue weighted by molar-refractivity contribution is 5.76. The number of nitrogens with zero attached hydrogens (tertiary/aromatic N) is 4. The second-order valence-electron chi connectivity index (χ2n) is 6.00. The Balaban J connectivity index is 1.66. The fraction of sp³-hybridized carbons (Fsp3) is 0.500. The summed E-state index contributed by atoms with van der Waals surface area (Å²) in [4.78, 5) is 20.3. The number of aromatic nitrogens is 4. The highest BCUT2D eigenvalue weighted by atomic mass is 16.5. The van der Waals surface area contributed by atoms with E-state index in [4.69, 9.17) is 4.74 Å². The third kappa shape index (κ3) is 3.88. The smallest absolute Gasteiger partial charge is 0.222 e. The Morgan fingerprint density at radius 2 is 2.29 bits per heavy atom. The summed E-state index contributed by atoms with van der Waals surface area (Å²) in [6, 6.07) is 1.69. The van der Waals surface area contributed by atoms with Crippen molar-refractivity contribution in [3.63, 3.8) is 0 Å². The maximum absolute atomic E-state index is 12.3. The number of pyridine rings is 1. The van der Waals surface area contributed by atoms with Gasteiger partial charge in [0.15, 0.2) is 0 Å². The lowest BCUT2D eigenvalue weighted by atomic mass is 9.75. The molecule has 8 heteroatoms. The molecule has 2 aromatic heterocycles. The third-order valence-electron chi connectivity index (χ3n) is 4.30. The van der Waals surface area contributed by atoms with Gasteiger partial charge in [0.1, 0.15) is 18.4 Å². The van der Waals surface area contributed by atoms with Crippen LogP contribution in [0.25, 0.3) is 0 Å². The number of hydrogen-bond donors (Lipinski definition) is 2. The van der Waals surface area contributed by atoms with Crippen LogP contribution in [0.15, 0.2) is 31.1 Å². The maximum Gasteiger partial charge on any atom is 0.222 e. The van der Waals surface area contributed by atoms with Gasteiger partial charge in [-0.2, -0.15) is 5.10 Å². The Labute approximate surface area is 139 Å². The molecule has 0 bridgehead atoms. The SMILES string of the molecule is COc1cncc(C(NC(=O)CCn2cncn2)C2CC(O)C2)c1. The Kier molecular flexibility index (Phi) is 5.05. The molecule has 2 heterocycles. The summed E-state index contributed by atoms with van der Waals surface area (Å²) in [5.74, 6) is 0.776. The van der Waals surface area contributed by atoms with Crippen molar-refractivity contribution in [2.75, 3.05) is 7.11 Å². The Morgan fingerprint density at radius 3 is 2.96 bits per heavy atom. The van der Waals surface area contributed by atoms with E-state index in [0.717, 1.165) is 5.56 Å². The highest BCUT2D eigenvalue weighted by Crippen LogP contribution is 2.38. The molecule has 0 saturated heterocycles. The molecule has 0 spiro atoms. The van der Waals surface area contributed by atoms with E-state index in [1.807, 2.05) is 6.07 Å². The number of carbonyl (C=O) groups excluding carboxylic acids is 1. The van der Waals surface area contributed by atoms with E-state index < -0.39 is 0 Å². The van der Waals surface area contributed by atoms with Crippen LogP contribution >= 0.6 is 0 Å². The van der Waals surface area contributed by atoms with Gasteiger partial charge in [-0.3, -0.25) is 14.5 Å². The topological polar surface area (TPSA) is 102 Å². The minimum Gasteiger partial charge on any atom is -0.495 e. The van der Waals surface area contributed by atoms with Crippen molar-refractivity contribution in [2.24, 2.45) is 5.92 Å². The maximum atomic E-state index is 12.3. The van der Waals surface area contributed by atoms with Crippen LogP contribution in [0, 0.1) is 5.92 Å². The summed E-state index contributed by atoms with van der Waals surface area (Å²) < 4.78 is 6.84. The largest absolute Gasteiger partial charge is 0.495 e. The van der Waals surface area contributed by atoms with Crippen LogP contribution in [0.1, 0.15) is 30.9 Å². The lowest BCUT2D eigenvalue weighted by Crippen LogP contribution is -2.41. The summed E-state index contributed by atoms with van der Waals surface area (Å²) >= 11 is 0. The van der Waals surface area contributed by atoms with Crippen LogP contribution in [0.4, 0.5) is 0 Å². The molecule has 1 aliphatic rings. The minimum absolute atomic E-state index is 0.0697. The predicted molar refractivity (Wildman–Crippen MR) is 85.0 cm³/mol. The molecule has 128 valence electrons. The molecule has 1 unspecified atom stereocenters. The first-order chi connectivity index (χ1) is 11.7. The monoisotopic (exact) mass is 331 g/mol. The zero-order valence-corrected chi connectivity index (χ0v) is 13.5. The molecular formula is C16H21N5O3. The molecule has 1 saturated carbocycles. The van der Waals surface area contributed by atoms with Crippen molar-refractivity contribution in [1.29, 1.82) is 0 Å². The number of hydrogen-bond acceptors (Lipinski definition) is 6. The Hall–Kier alpha value is -2.48. The number of rotatable bonds is 7. The first-order valence-electron chi connectivity index (χ1n) is 7.94. The summed E-state index contributed by atoms with van der Waals surface area (Å²) in [7, 11) is 1.58. The quantitative estimate of drug-likeness (QED) is 0.774. The lowest BCUT2D eigenvalue weighted by Gasteiger charge is -2.38. The molecule has 3 rings (SSSR count). The van der Waals surface area contributed by atoms with Gasteiger partial charge in [0.2, 0.25) is 5.91 Å². The first kappa shape index (κ1) is 16.4. The van der Waals surface area contributed by atoms with Gasteiger partial charge in [-0.1, -0.05) is 0 Å². The Bertz CT molecular complexity index is 670.